The summed E-state index contributed by atoms with van der Waals surface area (Å²) in [4.78, 5) is 29.8. The molecule has 0 radical (unpaired) electrons. The number of carbonyl (C=O) groups excluding carboxylic acids is 2. The quantitative estimate of drug-likeness (QED) is 0.269. The van der Waals surface area contributed by atoms with Crippen LogP contribution in [0.4, 0.5) is 8.78 Å². The molecule has 2 heterocycles. The van der Waals surface area contributed by atoms with Gasteiger partial charge < -0.3 is 8.83 Å². The smallest absolute Gasteiger partial charge is 0.266 e. The molecule has 30 heavy (non-hydrogen) atoms. The lowest BCUT2D eigenvalue weighted by atomic mass is 10.1. The molecule has 2 atom stereocenters. The van der Waals surface area contributed by atoms with Crippen molar-refractivity contribution in [3.63, 3.8) is 0 Å². The van der Waals surface area contributed by atoms with Crippen LogP contribution in [0.2, 0.25) is 0 Å². The molecule has 0 spiro atoms. The number of Topliss-reactive ketones (excluding diaryl/α,β-unsaturated/α-hetero) is 2. The Bertz CT molecular complexity index is 1340. The summed E-state index contributed by atoms with van der Waals surface area (Å²) in [6.07, 6.45) is 1.23. The van der Waals surface area contributed by atoms with Gasteiger partial charge in [0.15, 0.2) is 28.8 Å². The Morgan fingerprint density at radius 1 is 0.900 bits per heavy atom. The molecule has 0 saturated carbocycles. The van der Waals surface area contributed by atoms with Crippen LogP contribution in [0, 0.1) is 11.6 Å². The van der Waals surface area contributed by atoms with Crippen LogP contribution in [-0.2, 0) is 0 Å². The molecule has 2 aromatic carbocycles. The molecule has 2 unspecified atom stereocenters. The first-order chi connectivity index (χ1) is 14.4. The molecule has 0 fully saturated rings. The molecule has 148 valence electrons. The van der Waals surface area contributed by atoms with Gasteiger partial charge in [-0.1, -0.05) is 18.2 Å². The molecular formula is C21H11F2NO4P2. The largest absolute Gasteiger partial charge is 0.436 e. The van der Waals surface area contributed by atoms with E-state index in [9.17, 15) is 18.4 Å². The number of rotatable bonds is 2. The van der Waals surface area contributed by atoms with Gasteiger partial charge in [-0.25, -0.2) is 8.78 Å². The number of hydrogen-bond donors (Lipinski definition) is 0. The van der Waals surface area contributed by atoms with Crippen molar-refractivity contribution >= 4 is 58.0 Å². The van der Waals surface area contributed by atoms with Gasteiger partial charge >= 0.3 is 0 Å². The van der Waals surface area contributed by atoms with Crippen LogP contribution >= 0.6 is 18.5 Å². The van der Waals surface area contributed by atoms with E-state index < -0.39 is 23.2 Å². The summed E-state index contributed by atoms with van der Waals surface area (Å²) in [6.45, 7) is 0. The maximum atomic E-state index is 14.0. The average molecular weight is 441 g/mol. The molecule has 0 amide bonds. The zero-order chi connectivity index (χ0) is 21.2. The Kier molecular flexibility index (Phi) is 4.28. The highest BCUT2D eigenvalue weighted by molar-refractivity contribution is 7.29. The zero-order valence-electron chi connectivity index (χ0n) is 15.0. The summed E-state index contributed by atoms with van der Waals surface area (Å²) in [5, 5.41) is -0.560. The molecule has 4 aromatic rings. The van der Waals surface area contributed by atoms with Gasteiger partial charge in [0.2, 0.25) is 5.89 Å². The molecule has 0 aliphatic heterocycles. The van der Waals surface area contributed by atoms with Crippen LogP contribution in [0.5, 0.6) is 0 Å². The van der Waals surface area contributed by atoms with E-state index >= 15 is 0 Å². The maximum Gasteiger partial charge on any atom is 0.266 e. The van der Waals surface area contributed by atoms with Gasteiger partial charge in [0.05, 0.1) is 5.57 Å². The van der Waals surface area contributed by atoms with E-state index in [1.807, 2.05) is 48.8 Å². The molecule has 0 N–H and O–H groups in total. The number of benzene rings is 2. The summed E-state index contributed by atoms with van der Waals surface area (Å²) in [7, 11) is 3.97. The molecule has 1 aliphatic carbocycles. The normalized spacial score (nSPS) is 13.4. The lowest BCUT2D eigenvalue weighted by molar-refractivity contribution is 0.0991. The van der Waals surface area contributed by atoms with Crippen LogP contribution in [0.1, 0.15) is 26.5 Å². The lowest BCUT2D eigenvalue weighted by Gasteiger charge is -2.07. The Hall–Kier alpha value is -3.01. The highest BCUT2D eigenvalue weighted by Gasteiger charge is 2.39. The SMILES string of the molecule is O=C1C(=Cc2cc3oc(-c4ccccc4)nc3o2)C(=O)c2c(P)c(F)c(F)c(P)c21. The monoisotopic (exact) mass is 441 g/mol. The van der Waals surface area contributed by atoms with E-state index in [1.165, 1.54) is 12.1 Å². The summed E-state index contributed by atoms with van der Waals surface area (Å²) < 4.78 is 39.4. The fourth-order valence-corrected chi connectivity index (χ4v) is 4.18. The first-order valence-corrected chi connectivity index (χ1v) is 9.85. The molecule has 0 bridgehead atoms. The van der Waals surface area contributed by atoms with Gasteiger partial charge in [0.25, 0.3) is 5.71 Å². The Morgan fingerprint density at radius 2 is 1.50 bits per heavy atom. The van der Waals surface area contributed by atoms with E-state index in [-0.39, 0.29) is 38.8 Å². The average Bonchev–Trinajstić information content (AvgIpc) is 3.38. The number of carbonyl (C=O) groups is 2. The number of oxazole rings is 1. The van der Waals surface area contributed by atoms with Gasteiger partial charge in [-0.3, -0.25) is 9.59 Å². The fraction of sp³-hybridized carbons (Fsp3) is 0. The van der Waals surface area contributed by atoms with Crippen LogP contribution in [0.25, 0.3) is 28.8 Å². The van der Waals surface area contributed by atoms with Gasteiger partial charge in [-0.05, 0) is 18.2 Å². The van der Waals surface area contributed by atoms with Crippen LogP contribution in [0.3, 0.4) is 0 Å². The Labute approximate surface area is 172 Å². The predicted molar refractivity (Wildman–Crippen MR) is 113 cm³/mol. The number of hydrogen-bond acceptors (Lipinski definition) is 5. The third kappa shape index (κ3) is 2.70. The number of allylic oxidation sites excluding steroid dienone is 1. The number of nitrogens with zero attached hydrogens (tertiary/aromatic N) is 1. The number of aromatic nitrogens is 1. The molecule has 1 aliphatic rings. The molecular weight excluding hydrogens is 430 g/mol. The van der Waals surface area contributed by atoms with E-state index in [2.05, 4.69) is 4.98 Å². The number of furan rings is 1. The fourth-order valence-electron chi connectivity index (χ4n) is 3.37. The molecule has 9 heteroatoms. The number of halogens is 2. The van der Waals surface area contributed by atoms with Crippen LogP contribution < -0.4 is 10.6 Å². The number of ketones is 2. The molecule has 2 aromatic heterocycles. The van der Waals surface area contributed by atoms with Crippen molar-refractivity contribution in [3.8, 4) is 11.5 Å². The summed E-state index contributed by atoms with van der Waals surface area (Å²) in [5.41, 5.74) is 0.727. The molecule has 0 saturated heterocycles. The summed E-state index contributed by atoms with van der Waals surface area (Å²) in [6, 6.07) is 10.7. The third-order valence-corrected chi connectivity index (χ3v) is 5.90. The Morgan fingerprint density at radius 3 is 2.07 bits per heavy atom. The first-order valence-electron chi connectivity index (χ1n) is 8.69. The summed E-state index contributed by atoms with van der Waals surface area (Å²) >= 11 is 0. The minimum Gasteiger partial charge on any atom is -0.436 e. The van der Waals surface area contributed by atoms with Crippen molar-refractivity contribution in [2.24, 2.45) is 0 Å². The van der Waals surface area contributed by atoms with Crippen molar-refractivity contribution in [1.29, 1.82) is 0 Å². The van der Waals surface area contributed by atoms with E-state index in [4.69, 9.17) is 8.83 Å². The van der Waals surface area contributed by atoms with E-state index in [1.54, 1.807) is 0 Å². The lowest BCUT2D eigenvalue weighted by Crippen LogP contribution is -2.22. The highest BCUT2D eigenvalue weighted by Crippen LogP contribution is 2.32. The molecule has 5 nitrogen and oxygen atoms in total. The minimum absolute atomic E-state index is 0.164. The topological polar surface area (TPSA) is 73.3 Å². The number of fused-ring (bicyclic) bond motifs is 2. The van der Waals surface area contributed by atoms with Gasteiger partial charge in [-0.2, -0.15) is 4.98 Å². The van der Waals surface area contributed by atoms with Crippen molar-refractivity contribution in [2.75, 3.05) is 0 Å². The predicted octanol–water partition coefficient (Wildman–Crippen LogP) is 3.83. The van der Waals surface area contributed by atoms with Crippen molar-refractivity contribution in [3.05, 3.63) is 70.5 Å². The second kappa shape index (κ2) is 6.76. The standard InChI is InChI=1S/C21H11F2NO4P2/c22-14-15(23)19(30)13-12(18(14)29)16(25)10(17(13)26)6-9-7-11-21(27-9)24-20(28-11)8-4-2-1-3-5-8/h1-7H,29-30H2. The van der Waals surface area contributed by atoms with Gasteiger partial charge in [-0.15, -0.1) is 18.5 Å². The zero-order valence-corrected chi connectivity index (χ0v) is 17.3. The second-order valence-corrected chi connectivity index (χ2v) is 7.78. The maximum absolute atomic E-state index is 14.0. The van der Waals surface area contributed by atoms with Crippen molar-refractivity contribution in [1.82, 2.24) is 4.98 Å². The van der Waals surface area contributed by atoms with E-state index in [0.717, 1.165) is 5.56 Å². The van der Waals surface area contributed by atoms with Crippen molar-refractivity contribution < 1.29 is 27.2 Å². The Balaban J connectivity index is 1.57. The van der Waals surface area contributed by atoms with Crippen LogP contribution in [-0.4, -0.2) is 16.6 Å². The highest BCUT2D eigenvalue weighted by atomic mass is 31.0. The molecule has 5 rings (SSSR count). The summed E-state index contributed by atoms with van der Waals surface area (Å²) in [5.74, 6) is -3.23. The third-order valence-electron chi connectivity index (χ3n) is 4.81. The van der Waals surface area contributed by atoms with E-state index in [0.29, 0.717) is 11.5 Å². The van der Waals surface area contributed by atoms with Crippen molar-refractivity contribution in [2.45, 2.75) is 0 Å². The van der Waals surface area contributed by atoms with Gasteiger partial charge in [0, 0.05) is 33.4 Å². The van der Waals surface area contributed by atoms with Crippen LogP contribution in [0.15, 0.2) is 50.8 Å². The first kappa shape index (κ1) is 19.0. The minimum atomic E-state index is -1.18. The second-order valence-electron chi connectivity index (χ2n) is 6.62. The van der Waals surface area contributed by atoms with Gasteiger partial charge in [0.1, 0.15) is 5.76 Å².